The molecule has 1 fully saturated rings. The molecule has 1 nitrogen and oxygen atoms in total. The minimum Gasteiger partial charge on any atom is -0.294 e. The van der Waals surface area contributed by atoms with Gasteiger partial charge in [-0.15, -0.1) is 0 Å². The van der Waals surface area contributed by atoms with Crippen LogP contribution in [0.4, 0.5) is 0 Å². The third kappa shape index (κ3) is 0.715. The van der Waals surface area contributed by atoms with Gasteiger partial charge in [0.1, 0.15) is 0 Å². The fourth-order valence-electron chi connectivity index (χ4n) is 2.40. The standard InChI is InChI=1S/C11H14O/c1-7-6-10(12)11(3)5-4-9(7)8(11)2/h6,9H,2,4-5H2,1,3H3. The van der Waals surface area contributed by atoms with Crippen molar-refractivity contribution >= 4 is 5.78 Å². The predicted molar refractivity (Wildman–Crippen MR) is 48.7 cm³/mol. The third-order valence-electron chi connectivity index (χ3n) is 3.51. The molecular weight excluding hydrogens is 148 g/mol. The molecule has 0 aromatic carbocycles. The lowest BCUT2D eigenvalue weighted by atomic mass is 9.74. The van der Waals surface area contributed by atoms with Crippen molar-refractivity contribution < 1.29 is 4.79 Å². The van der Waals surface area contributed by atoms with Crippen LogP contribution in [0.5, 0.6) is 0 Å². The second-order valence-corrected chi connectivity index (χ2v) is 4.20. The Labute approximate surface area is 73.2 Å². The normalized spacial score (nSPS) is 40.2. The Hall–Kier alpha value is -0.850. The van der Waals surface area contributed by atoms with E-state index < -0.39 is 0 Å². The molecule has 2 unspecified atom stereocenters. The summed E-state index contributed by atoms with van der Waals surface area (Å²) >= 11 is 0. The van der Waals surface area contributed by atoms with Crippen LogP contribution in [-0.2, 0) is 4.79 Å². The van der Waals surface area contributed by atoms with Crippen LogP contribution in [0.15, 0.2) is 23.8 Å². The number of allylic oxidation sites excluding steroid dienone is 3. The van der Waals surface area contributed by atoms with Gasteiger partial charge in [-0.25, -0.2) is 0 Å². The van der Waals surface area contributed by atoms with E-state index in [0.29, 0.717) is 5.92 Å². The van der Waals surface area contributed by atoms with Crippen molar-refractivity contribution in [2.45, 2.75) is 26.7 Å². The van der Waals surface area contributed by atoms with Crippen molar-refractivity contribution in [1.82, 2.24) is 0 Å². The van der Waals surface area contributed by atoms with Gasteiger partial charge in [0.15, 0.2) is 5.78 Å². The number of rotatable bonds is 0. The van der Waals surface area contributed by atoms with Crippen molar-refractivity contribution in [2.24, 2.45) is 11.3 Å². The highest BCUT2D eigenvalue weighted by Gasteiger charge is 2.46. The summed E-state index contributed by atoms with van der Waals surface area (Å²) in [7, 11) is 0. The SMILES string of the molecule is C=C1C2CCC1(C)C(=O)C=C2C. The molecule has 0 N–H and O–H groups in total. The Bertz CT molecular complexity index is 298. The molecular formula is C11H14O. The molecule has 1 heteroatoms. The predicted octanol–water partition coefficient (Wildman–Crippen LogP) is 2.49. The zero-order chi connectivity index (χ0) is 8.93. The van der Waals surface area contributed by atoms with Crippen LogP contribution in [0, 0.1) is 11.3 Å². The Balaban J connectivity index is 2.55. The molecule has 0 heterocycles. The number of hydrogen-bond acceptors (Lipinski definition) is 1. The van der Waals surface area contributed by atoms with Gasteiger partial charge in [0, 0.05) is 5.92 Å². The Morgan fingerprint density at radius 2 is 2.33 bits per heavy atom. The van der Waals surface area contributed by atoms with Crippen molar-refractivity contribution in [1.29, 1.82) is 0 Å². The van der Waals surface area contributed by atoms with Crippen LogP contribution in [-0.4, -0.2) is 5.78 Å². The maximum absolute atomic E-state index is 11.7. The van der Waals surface area contributed by atoms with Crippen LogP contribution in [0.2, 0.25) is 0 Å². The summed E-state index contributed by atoms with van der Waals surface area (Å²) in [5, 5.41) is 0. The Kier molecular flexibility index (Phi) is 1.36. The van der Waals surface area contributed by atoms with Crippen LogP contribution >= 0.6 is 0 Å². The van der Waals surface area contributed by atoms with E-state index in [1.54, 1.807) is 0 Å². The molecule has 2 aliphatic rings. The topological polar surface area (TPSA) is 17.1 Å². The number of ketones is 1. The first-order chi connectivity index (χ1) is 5.55. The monoisotopic (exact) mass is 162 g/mol. The van der Waals surface area contributed by atoms with Gasteiger partial charge in [-0.2, -0.15) is 0 Å². The largest absolute Gasteiger partial charge is 0.294 e. The van der Waals surface area contributed by atoms with E-state index in [4.69, 9.17) is 0 Å². The average Bonchev–Trinajstić information content (AvgIpc) is 2.23. The summed E-state index contributed by atoms with van der Waals surface area (Å²) in [6, 6.07) is 0. The van der Waals surface area contributed by atoms with Gasteiger partial charge in [-0.1, -0.05) is 17.7 Å². The average molecular weight is 162 g/mol. The Morgan fingerprint density at radius 3 is 3.00 bits per heavy atom. The molecule has 0 spiro atoms. The maximum Gasteiger partial charge on any atom is 0.165 e. The van der Waals surface area contributed by atoms with Crippen molar-refractivity contribution in [3.63, 3.8) is 0 Å². The summed E-state index contributed by atoms with van der Waals surface area (Å²) in [5.41, 5.74) is 2.14. The highest BCUT2D eigenvalue weighted by molar-refractivity contribution is 5.99. The highest BCUT2D eigenvalue weighted by atomic mass is 16.1. The molecule has 2 rings (SSSR count). The van der Waals surface area contributed by atoms with Crippen LogP contribution < -0.4 is 0 Å². The summed E-state index contributed by atoms with van der Waals surface area (Å²) in [6.45, 7) is 8.12. The zero-order valence-corrected chi connectivity index (χ0v) is 7.68. The number of carbonyl (C=O) groups is 1. The van der Waals surface area contributed by atoms with Crippen molar-refractivity contribution in [3.8, 4) is 0 Å². The van der Waals surface area contributed by atoms with E-state index in [-0.39, 0.29) is 11.2 Å². The lowest BCUT2D eigenvalue weighted by Crippen LogP contribution is -2.28. The molecule has 0 aromatic heterocycles. The fraction of sp³-hybridized carbons (Fsp3) is 0.545. The molecule has 2 aliphatic carbocycles. The van der Waals surface area contributed by atoms with Gasteiger partial charge in [0.25, 0.3) is 0 Å². The van der Waals surface area contributed by atoms with E-state index in [0.717, 1.165) is 18.4 Å². The molecule has 64 valence electrons. The van der Waals surface area contributed by atoms with Gasteiger partial charge in [0.05, 0.1) is 5.41 Å². The number of carbonyl (C=O) groups excluding carboxylic acids is 1. The van der Waals surface area contributed by atoms with Gasteiger partial charge in [0.2, 0.25) is 0 Å². The quantitative estimate of drug-likeness (QED) is 0.500. The molecule has 12 heavy (non-hydrogen) atoms. The van der Waals surface area contributed by atoms with Gasteiger partial charge in [-0.3, -0.25) is 4.79 Å². The number of fused-ring (bicyclic) bond motifs is 2. The molecule has 2 bridgehead atoms. The minimum atomic E-state index is -0.218. The van der Waals surface area contributed by atoms with E-state index in [1.807, 2.05) is 19.9 Å². The summed E-state index contributed by atoms with van der Waals surface area (Å²) in [6.07, 6.45) is 3.92. The van der Waals surface area contributed by atoms with Gasteiger partial charge >= 0.3 is 0 Å². The molecule has 2 atom stereocenters. The minimum absolute atomic E-state index is 0.218. The molecule has 1 saturated carbocycles. The van der Waals surface area contributed by atoms with E-state index >= 15 is 0 Å². The van der Waals surface area contributed by atoms with Gasteiger partial charge < -0.3 is 0 Å². The van der Waals surface area contributed by atoms with Crippen molar-refractivity contribution in [3.05, 3.63) is 23.8 Å². The fourth-order valence-corrected chi connectivity index (χ4v) is 2.40. The summed E-state index contributed by atoms with van der Waals surface area (Å²) in [5.74, 6) is 0.756. The Morgan fingerprint density at radius 1 is 1.67 bits per heavy atom. The van der Waals surface area contributed by atoms with Gasteiger partial charge in [-0.05, 0) is 32.8 Å². The summed E-state index contributed by atoms with van der Waals surface area (Å²) in [4.78, 5) is 11.7. The maximum atomic E-state index is 11.7. The van der Waals surface area contributed by atoms with E-state index in [1.165, 1.54) is 5.57 Å². The second kappa shape index (κ2) is 2.09. The van der Waals surface area contributed by atoms with Crippen LogP contribution in [0.3, 0.4) is 0 Å². The van der Waals surface area contributed by atoms with Crippen LogP contribution in [0.1, 0.15) is 26.7 Å². The second-order valence-electron chi connectivity index (χ2n) is 4.20. The smallest absolute Gasteiger partial charge is 0.165 e. The third-order valence-corrected chi connectivity index (χ3v) is 3.51. The lowest BCUT2D eigenvalue weighted by molar-refractivity contribution is -0.121. The van der Waals surface area contributed by atoms with Crippen molar-refractivity contribution in [2.75, 3.05) is 0 Å². The van der Waals surface area contributed by atoms with Crippen LogP contribution in [0.25, 0.3) is 0 Å². The highest BCUT2D eigenvalue weighted by Crippen LogP contribution is 2.52. The molecule has 0 aromatic rings. The summed E-state index contributed by atoms with van der Waals surface area (Å²) < 4.78 is 0. The molecule has 0 amide bonds. The number of hydrogen-bond donors (Lipinski definition) is 0. The lowest BCUT2D eigenvalue weighted by Gasteiger charge is -2.28. The molecule has 0 saturated heterocycles. The zero-order valence-electron chi connectivity index (χ0n) is 7.68. The first kappa shape index (κ1) is 7.78. The van der Waals surface area contributed by atoms with E-state index in [9.17, 15) is 4.79 Å². The first-order valence-corrected chi connectivity index (χ1v) is 4.47. The van der Waals surface area contributed by atoms with E-state index in [2.05, 4.69) is 6.58 Å². The molecule has 0 radical (unpaired) electrons. The first-order valence-electron chi connectivity index (χ1n) is 4.47. The molecule has 0 aliphatic heterocycles.